The molecule has 0 aromatic carbocycles. The third-order valence-corrected chi connectivity index (χ3v) is 8.60. The lowest BCUT2D eigenvalue weighted by atomic mass is 9.95. The highest BCUT2D eigenvalue weighted by Gasteiger charge is 2.24. The smallest absolute Gasteiger partial charge is 0.330 e. The highest BCUT2D eigenvalue weighted by atomic mass is 31.2. The van der Waals surface area contributed by atoms with E-state index in [1.54, 1.807) is 7.11 Å². The molecule has 0 amide bonds. The van der Waals surface area contributed by atoms with E-state index in [2.05, 4.69) is 20.8 Å². The van der Waals surface area contributed by atoms with Crippen LogP contribution >= 0.6 is 7.60 Å². The monoisotopic (exact) mass is 490 g/mol. The molecule has 0 spiro atoms. The summed E-state index contributed by atoms with van der Waals surface area (Å²) in [5.74, 6) is 0.586. The predicted molar refractivity (Wildman–Crippen MR) is 144 cm³/mol. The zero-order valence-corrected chi connectivity index (χ0v) is 23.8. The van der Waals surface area contributed by atoms with Crippen LogP contribution < -0.4 is 0 Å². The van der Waals surface area contributed by atoms with Gasteiger partial charge in [-0.05, 0) is 31.6 Å². The summed E-state index contributed by atoms with van der Waals surface area (Å²) in [6.45, 7) is 8.55. The molecule has 2 atom stereocenters. The first kappa shape index (κ1) is 33.1. The summed E-state index contributed by atoms with van der Waals surface area (Å²) in [6, 6.07) is 0. The van der Waals surface area contributed by atoms with Crippen LogP contribution in [0.1, 0.15) is 143 Å². The Bertz CT molecular complexity index is 430. The van der Waals surface area contributed by atoms with Gasteiger partial charge in [-0.2, -0.15) is 0 Å². The molecule has 0 aliphatic carbocycles. The van der Waals surface area contributed by atoms with Crippen molar-refractivity contribution >= 4 is 7.60 Å². The molecule has 0 aliphatic heterocycles. The van der Waals surface area contributed by atoms with E-state index < -0.39 is 7.60 Å². The lowest BCUT2D eigenvalue weighted by Crippen LogP contribution is -2.10. The van der Waals surface area contributed by atoms with Crippen molar-refractivity contribution in [3.05, 3.63) is 0 Å². The quantitative estimate of drug-likeness (QED) is 0.0848. The molecular weight excluding hydrogens is 431 g/mol. The number of hydrogen-bond donors (Lipinski definition) is 0. The predicted octanol–water partition coefficient (Wildman–Crippen LogP) is 9.95. The van der Waals surface area contributed by atoms with E-state index in [-0.39, 0.29) is 0 Å². The van der Waals surface area contributed by atoms with Crippen molar-refractivity contribution in [2.24, 2.45) is 5.92 Å². The first-order valence-electron chi connectivity index (χ1n) is 14.5. The first-order chi connectivity index (χ1) is 16.1. The summed E-state index contributed by atoms with van der Waals surface area (Å²) in [6.07, 6.45) is 23.8. The minimum Gasteiger partial charge on any atom is -0.385 e. The van der Waals surface area contributed by atoms with E-state index in [1.807, 2.05) is 0 Å². The Labute approximate surface area is 207 Å². The van der Waals surface area contributed by atoms with Crippen LogP contribution in [0.2, 0.25) is 0 Å². The third-order valence-electron chi connectivity index (χ3n) is 6.58. The molecule has 0 heterocycles. The number of hydrogen-bond acceptors (Lipinski definition) is 4. The number of rotatable bonds is 27. The van der Waals surface area contributed by atoms with Gasteiger partial charge in [0.15, 0.2) is 0 Å². The Morgan fingerprint density at radius 1 is 0.545 bits per heavy atom. The average Bonchev–Trinajstić information content (AvgIpc) is 2.82. The molecule has 33 heavy (non-hydrogen) atoms. The molecule has 0 aliphatic rings. The van der Waals surface area contributed by atoms with Crippen LogP contribution in [0.3, 0.4) is 0 Å². The maximum atomic E-state index is 13.3. The molecule has 0 radical (unpaired) electrons. The molecule has 2 unspecified atom stereocenters. The Hall–Kier alpha value is 0.110. The van der Waals surface area contributed by atoms with Gasteiger partial charge in [0.2, 0.25) is 0 Å². The van der Waals surface area contributed by atoms with Crippen molar-refractivity contribution in [3.8, 4) is 0 Å². The number of ether oxygens (including phenoxy) is 1. The molecule has 200 valence electrons. The second-order valence-electron chi connectivity index (χ2n) is 9.82. The van der Waals surface area contributed by atoms with E-state index in [4.69, 9.17) is 13.8 Å². The van der Waals surface area contributed by atoms with Crippen LogP contribution in [-0.4, -0.2) is 33.1 Å². The summed E-state index contributed by atoms with van der Waals surface area (Å²) in [5.41, 5.74) is 0. The zero-order valence-electron chi connectivity index (χ0n) is 22.9. The van der Waals surface area contributed by atoms with E-state index in [0.717, 1.165) is 38.7 Å². The molecule has 0 rings (SSSR count). The van der Waals surface area contributed by atoms with Gasteiger partial charge in [-0.15, -0.1) is 0 Å². The topological polar surface area (TPSA) is 44.8 Å². The second-order valence-corrected chi connectivity index (χ2v) is 12.0. The third kappa shape index (κ3) is 22.3. The second kappa shape index (κ2) is 25.2. The lowest BCUT2D eigenvalue weighted by molar-refractivity contribution is 0.155. The Morgan fingerprint density at radius 3 is 1.61 bits per heavy atom. The van der Waals surface area contributed by atoms with Gasteiger partial charge < -0.3 is 13.8 Å². The molecule has 4 nitrogen and oxygen atoms in total. The first-order valence-corrected chi connectivity index (χ1v) is 16.2. The van der Waals surface area contributed by atoms with Crippen molar-refractivity contribution < 1.29 is 18.3 Å². The summed E-state index contributed by atoms with van der Waals surface area (Å²) >= 11 is 0. The minimum atomic E-state index is -2.96. The van der Waals surface area contributed by atoms with Gasteiger partial charge in [0.1, 0.15) is 0 Å². The van der Waals surface area contributed by atoms with Crippen molar-refractivity contribution in [2.45, 2.75) is 143 Å². The molecule has 0 saturated heterocycles. The molecule has 0 aromatic rings. The van der Waals surface area contributed by atoms with Gasteiger partial charge in [-0.3, -0.25) is 4.57 Å². The van der Waals surface area contributed by atoms with Crippen molar-refractivity contribution in [1.82, 2.24) is 0 Å². The maximum absolute atomic E-state index is 13.3. The van der Waals surface area contributed by atoms with Gasteiger partial charge in [-0.25, -0.2) is 0 Å². The molecule has 0 bridgehead atoms. The van der Waals surface area contributed by atoms with Crippen LogP contribution in [0.25, 0.3) is 0 Å². The minimum absolute atomic E-state index is 0.543. The van der Waals surface area contributed by atoms with Gasteiger partial charge >= 0.3 is 7.60 Å². The van der Waals surface area contributed by atoms with Crippen LogP contribution in [0, 0.1) is 5.92 Å². The molecule has 5 heteroatoms. The van der Waals surface area contributed by atoms with Crippen LogP contribution in [0.4, 0.5) is 0 Å². The van der Waals surface area contributed by atoms with Crippen LogP contribution in [-0.2, 0) is 18.3 Å². The molecular formula is C28H59O4P. The zero-order chi connectivity index (χ0) is 24.5. The summed E-state index contributed by atoms with van der Waals surface area (Å²) in [5, 5.41) is 0. The van der Waals surface area contributed by atoms with E-state index in [9.17, 15) is 4.57 Å². The SMILES string of the molecule is CCCCCCCCCCCCOP(=O)(CCCC)OCCC(CCCCCC)CCOC. The van der Waals surface area contributed by atoms with Gasteiger partial charge in [-0.1, -0.05) is 117 Å². The van der Waals surface area contributed by atoms with Crippen molar-refractivity contribution in [2.75, 3.05) is 33.1 Å². The number of methoxy groups -OCH3 is 1. The highest BCUT2D eigenvalue weighted by Crippen LogP contribution is 2.49. The van der Waals surface area contributed by atoms with E-state index >= 15 is 0 Å². The van der Waals surface area contributed by atoms with E-state index in [1.165, 1.54) is 89.9 Å². The fourth-order valence-corrected chi connectivity index (χ4v) is 6.07. The Kier molecular flexibility index (Phi) is 25.3. The number of unbranched alkanes of at least 4 members (excludes halogenated alkanes) is 13. The van der Waals surface area contributed by atoms with Gasteiger partial charge in [0.05, 0.1) is 19.4 Å². The Balaban J connectivity index is 4.15. The maximum Gasteiger partial charge on any atom is 0.330 e. The van der Waals surface area contributed by atoms with E-state index in [0.29, 0.717) is 25.3 Å². The molecule has 0 aromatic heterocycles. The lowest BCUT2D eigenvalue weighted by Gasteiger charge is -2.21. The fourth-order valence-electron chi connectivity index (χ4n) is 4.25. The van der Waals surface area contributed by atoms with Crippen LogP contribution in [0.5, 0.6) is 0 Å². The Morgan fingerprint density at radius 2 is 1.03 bits per heavy atom. The van der Waals surface area contributed by atoms with Crippen molar-refractivity contribution in [1.29, 1.82) is 0 Å². The van der Waals surface area contributed by atoms with Gasteiger partial charge in [0.25, 0.3) is 0 Å². The summed E-state index contributed by atoms with van der Waals surface area (Å²) in [7, 11) is -1.19. The van der Waals surface area contributed by atoms with Gasteiger partial charge in [0, 0.05) is 13.7 Å². The highest BCUT2D eigenvalue weighted by molar-refractivity contribution is 7.53. The average molecular weight is 491 g/mol. The molecule has 0 saturated carbocycles. The van der Waals surface area contributed by atoms with Crippen LogP contribution in [0.15, 0.2) is 0 Å². The fraction of sp³-hybridized carbons (Fsp3) is 1.00. The summed E-state index contributed by atoms with van der Waals surface area (Å²) in [4.78, 5) is 0. The standard InChI is InChI=1S/C28H59O4P/c1-5-8-11-13-14-15-16-17-18-20-24-31-33(29,27-10-7-3)32-26-23-28(22-25-30-4)21-19-12-9-6-2/h28H,5-27H2,1-4H3. The molecule has 0 N–H and O–H groups in total. The normalized spacial score (nSPS) is 14.4. The van der Waals surface area contributed by atoms with Crippen molar-refractivity contribution in [3.63, 3.8) is 0 Å². The molecule has 0 fully saturated rings. The largest absolute Gasteiger partial charge is 0.385 e. The summed E-state index contributed by atoms with van der Waals surface area (Å²) < 4.78 is 30.4.